The Kier molecular flexibility index (Phi) is 5.86. The Hall–Kier alpha value is -2.69. The molecule has 0 heterocycles. The monoisotopic (exact) mass is 317 g/mol. The molecule has 120 valence electrons. The molecule has 0 aromatic heterocycles. The van der Waals surface area contributed by atoms with E-state index in [4.69, 9.17) is 4.74 Å². The second-order valence-corrected chi connectivity index (χ2v) is 4.89. The normalized spacial score (nSPS) is 10.7. The van der Waals surface area contributed by atoms with Crippen molar-refractivity contribution >= 4 is 12.0 Å². The molecule has 2 aromatic carbocycles. The summed E-state index contributed by atoms with van der Waals surface area (Å²) in [6, 6.07) is 12.3. The number of amides is 1. The number of benzene rings is 2. The fourth-order valence-electron chi connectivity index (χ4n) is 1.86. The van der Waals surface area contributed by atoms with Crippen LogP contribution in [0.25, 0.3) is 6.08 Å². The maximum absolute atomic E-state index is 13.4. The van der Waals surface area contributed by atoms with Gasteiger partial charge in [0.2, 0.25) is 5.91 Å². The zero-order chi connectivity index (χ0) is 16.7. The zero-order valence-electron chi connectivity index (χ0n) is 12.7. The van der Waals surface area contributed by atoms with Gasteiger partial charge in [-0.25, -0.2) is 8.78 Å². The van der Waals surface area contributed by atoms with Gasteiger partial charge in [-0.1, -0.05) is 30.3 Å². The van der Waals surface area contributed by atoms with Gasteiger partial charge in [0.15, 0.2) is 11.6 Å². The third-order valence-corrected chi connectivity index (χ3v) is 3.21. The first-order chi connectivity index (χ1) is 11.1. The van der Waals surface area contributed by atoms with Gasteiger partial charge in [0.25, 0.3) is 0 Å². The van der Waals surface area contributed by atoms with E-state index in [9.17, 15) is 13.6 Å². The molecule has 0 aliphatic heterocycles. The summed E-state index contributed by atoms with van der Waals surface area (Å²) in [6.45, 7) is 0.450. The van der Waals surface area contributed by atoms with Crippen molar-refractivity contribution in [3.8, 4) is 5.75 Å². The molecule has 0 fully saturated rings. The first kappa shape index (κ1) is 16.7. The van der Waals surface area contributed by atoms with E-state index in [2.05, 4.69) is 0 Å². The minimum absolute atomic E-state index is 0.148. The van der Waals surface area contributed by atoms with Gasteiger partial charge in [-0.05, 0) is 24.3 Å². The Bertz CT molecular complexity index is 701. The number of ether oxygens (including phenoxy) is 1. The van der Waals surface area contributed by atoms with Crippen molar-refractivity contribution in [2.75, 3.05) is 20.2 Å². The molecule has 0 N–H and O–H groups in total. The molecule has 2 rings (SSSR count). The number of rotatable bonds is 6. The Morgan fingerprint density at radius 2 is 1.74 bits per heavy atom. The highest BCUT2D eigenvalue weighted by Gasteiger charge is 2.07. The van der Waals surface area contributed by atoms with E-state index < -0.39 is 5.82 Å². The molecule has 3 nitrogen and oxygen atoms in total. The quantitative estimate of drug-likeness (QED) is 0.763. The van der Waals surface area contributed by atoms with Gasteiger partial charge in [0, 0.05) is 18.7 Å². The van der Waals surface area contributed by atoms with E-state index in [0.717, 1.165) is 0 Å². The summed E-state index contributed by atoms with van der Waals surface area (Å²) in [5.74, 6) is -0.969. The first-order valence-corrected chi connectivity index (χ1v) is 7.13. The molecule has 5 heteroatoms. The maximum atomic E-state index is 13.4. The maximum Gasteiger partial charge on any atom is 0.246 e. The van der Waals surface area contributed by atoms with Gasteiger partial charge < -0.3 is 9.64 Å². The Labute approximate surface area is 133 Å². The number of halogens is 2. The van der Waals surface area contributed by atoms with E-state index in [1.807, 2.05) is 0 Å². The summed E-state index contributed by atoms with van der Waals surface area (Å²) in [4.78, 5) is 13.3. The molecular weight excluding hydrogens is 300 g/mol. The van der Waals surface area contributed by atoms with Crippen molar-refractivity contribution in [3.05, 3.63) is 71.8 Å². The number of para-hydroxylation sites is 1. The van der Waals surface area contributed by atoms with Gasteiger partial charge in [-0.15, -0.1) is 0 Å². The molecule has 0 saturated carbocycles. The predicted molar refractivity (Wildman–Crippen MR) is 85.0 cm³/mol. The molecule has 0 spiro atoms. The molecule has 0 aliphatic rings. The van der Waals surface area contributed by atoms with Crippen LogP contribution in [0.15, 0.2) is 54.6 Å². The number of carbonyl (C=O) groups is 1. The standard InChI is InChI=1S/C18H17F2NO2/c1-21(12-13-23-17-9-5-4-8-16(17)20)18(22)11-10-14-6-2-3-7-15(14)19/h2-11H,12-13H2,1H3/b11-10+. The van der Waals surface area contributed by atoms with Gasteiger partial charge in [-0.3, -0.25) is 4.79 Å². The van der Waals surface area contributed by atoms with Crippen LogP contribution in [0, 0.1) is 11.6 Å². The lowest BCUT2D eigenvalue weighted by Gasteiger charge is -2.15. The molecule has 0 radical (unpaired) electrons. The minimum Gasteiger partial charge on any atom is -0.489 e. The molecule has 0 atom stereocenters. The molecule has 0 saturated heterocycles. The van der Waals surface area contributed by atoms with E-state index in [-0.39, 0.29) is 30.6 Å². The number of carbonyl (C=O) groups excluding carboxylic acids is 1. The van der Waals surface area contributed by atoms with Crippen LogP contribution >= 0.6 is 0 Å². The van der Waals surface area contributed by atoms with Gasteiger partial charge in [-0.2, -0.15) is 0 Å². The van der Waals surface area contributed by atoms with E-state index >= 15 is 0 Å². The highest BCUT2D eigenvalue weighted by Crippen LogP contribution is 2.15. The van der Waals surface area contributed by atoms with Crippen LogP contribution in [0.5, 0.6) is 5.75 Å². The zero-order valence-corrected chi connectivity index (χ0v) is 12.7. The van der Waals surface area contributed by atoms with Crippen LogP contribution in [-0.2, 0) is 4.79 Å². The van der Waals surface area contributed by atoms with Crippen molar-refractivity contribution in [1.82, 2.24) is 4.90 Å². The molecule has 0 aliphatic carbocycles. The SMILES string of the molecule is CN(CCOc1ccccc1F)C(=O)/C=C/c1ccccc1F. The predicted octanol–water partition coefficient (Wildman–Crippen LogP) is 3.52. The van der Waals surface area contributed by atoms with E-state index in [1.54, 1.807) is 37.4 Å². The van der Waals surface area contributed by atoms with Crippen LogP contribution in [0.2, 0.25) is 0 Å². The second kappa shape index (κ2) is 8.08. The fourth-order valence-corrected chi connectivity index (χ4v) is 1.86. The average molecular weight is 317 g/mol. The molecule has 23 heavy (non-hydrogen) atoms. The van der Waals surface area contributed by atoms with Crippen LogP contribution in [0.4, 0.5) is 8.78 Å². The summed E-state index contributed by atoms with van der Waals surface area (Å²) >= 11 is 0. The third kappa shape index (κ3) is 4.92. The van der Waals surface area contributed by atoms with Gasteiger partial charge in [0.05, 0.1) is 6.54 Å². The highest BCUT2D eigenvalue weighted by atomic mass is 19.1. The lowest BCUT2D eigenvalue weighted by Crippen LogP contribution is -2.29. The fraction of sp³-hybridized carbons (Fsp3) is 0.167. The van der Waals surface area contributed by atoms with Gasteiger partial charge in [0.1, 0.15) is 12.4 Å². The Morgan fingerprint density at radius 3 is 2.43 bits per heavy atom. The molecular formula is C18H17F2NO2. The molecule has 0 bridgehead atoms. The second-order valence-electron chi connectivity index (χ2n) is 4.89. The lowest BCUT2D eigenvalue weighted by atomic mass is 10.2. The van der Waals surface area contributed by atoms with Crippen molar-refractivity contribution < 1.29 is 18.3 Å². The summed E-state index contributed by atoms with van der Waals surface area (Å²) in [7, 11) is 1.60. The van der Waals surface area contributed by atoms with Crippen LogP contribution in [0.3, 0.4) is 0 Å². The van der Waals surface area contributed by atoms with Crippen molar-refractivity contribution in [2.45, 2.75) is 0 Å². The minimum atomic E-state index is -0.444. The van der Waals surface area contributed by atoms with Crippen molar-refractivity contribution in [2.24, 2.45) is 0 Å². The summed E-state index contributed by atoms with van der Waals surface area (Å²) in [6.07, 6.45) is 2.72. The molecule has 0 unspecified atom stereocenters. The van der Waals surface area contributed by atoms with Crippen LogP contribution in [0.1, 0.15) is 5.56 Å². The Balaban J connectivity index is 1.83. The topological polar surface area (TPSA) is 29.5 Å². The molecule has 2 aromatic rings. The van der Waals surface area contributed by atoms with Crippen molar-refractivity contribution in [1.29, 1.82) is 0 Å². The lowest BCUT2D eigenvalue weighted by molar-refractivity contribution is -0.125. The number of likely N-dealkylation sites (N-methyl/N-ethyl adjacent to an activating group) is 1. The Morgan fingerprint density at radius 1 is 1.09 bits per heavy atom. The first-order valence-electron chi connectivity index (χ1n) is 7.13. The van der Waals surface area contributed by atoms with E-state index in [1.165, 1.54) is 35.3 Å². The van der Waals surface area contributed by atoms with E-state index in [0.29, 0.717) is 5.56 Å². The number of hydrogen-bond donors (Lipinski definition) is 0. The molecule has 1 amide bonds. The largest absolute Gasteiger partial charge is 0.489 e. The smallest absolute Gasteiger partial charge is 0.246 e. The number of nitrogens with zero attached hydrogens (tertiary/aromatic N) is 1. The van der Waals surface area contributed by atoms with Crippen LogP contribution < -0.4 is 4.74 Å². The van der Waals surface area contributed by atoms with Crippen molar-refractivity contribution in [3.63, 3.8) is 0 Å². The average Bonchev–Trinajstić information content (AvgIpc) is 2.55. The third-order valence-electron chi connectivity index (χ3n) is 3.21. The number of hydrogen-bond acceptors (Lipinski definition) is 2. The summed E-state index contributed by atoms with van der Waals surface area (Å²) < 4.78 is 32.1. The summed E-state index contributed by atoms with van der Waals surface area (Å²) in [5, 5.41) is 0. The summed E-state index contributed by atoms with van der Waals surface area (Å²) in [5.41, 5.74) is 0.344. The van der Waals surface area contributed by atoms with Crippen LogP contribution in [-0.4, -0.2) is 31.0 Å². The van der Waals surface area contributed by atoms with Gasteiger partial charge >= 0.3 is 0 Å². The highest BCUT2D eigenvalue weighted by molar-refractivity contribution is 5.91.